The maximum atomic E-state index is 12.6. The van der Waals surface area contributed by atoms with Gasteiger partial charge in [-0.05, 0) is 85.9 Å². The van der Waals surface area contributed by atoms with E-state index in [4.69, 9.17) is 37.8 Å². The molecule has 3 fully saturated rings. The van der Waals surface area contributed by atoms with Gasteiger partial charge < -0.3 is 45.6 Å². The summed E-state index contributed by atoms with van der Waals surface area (Å²) in [5, 5.41) is 54.7. The third-order valence-electron chi connectivity index (χ3n) is 11.2. The van der Waals surface area contributed by atoms with E-state index in [1.54, 1.807) is 0 Å². The molecule has 2 aromatic carbocycles. The highest BCUT2D eigenvalue weighted by molar-refractivity contribution is 6.34. The average molecular weight is 859 g/mol. The standard InChI is InChI=1S/C43H57Cl2N5O9/c44-34-22-29(27-58-43(12-13-43)33-23-46-14-11-31(33)32-6-2-3-7-38(32)59-30-9-10-30)35(45)21-28(34)5-1-4-8-39(54)47-15-16-49-17-19-50(20-18-49)25-40(55)48-24-36(52)41(56)42(57)37(53)26-51/h2-3,6-7,11,14,21-23,30,36-37,41-42,51-53,56-57H,1,4-5,8-10,12-13,15-20,24-27H2,(H,47,54)(H,48,55)/t36-,37+,41+,42+/m0/s1. The molecule has 0 unspecified atom stereocenters. The van der Waals surface area contributed by atoms with Crippen molar-refractivity contribution in [1.82, 2.24) is 25.4 Å². The van der Waals surface area contributed by atoms with E-state index in [0.29, 0.717) is 62.1 Å². The van der Waals surface area contributed by atoms with Crippen molar-refractivity contribution >= 4 is 35.0 Å². The van der Waals surface area contributed by atoms with E-state index in [0.717, 1.165) is 78.8 Å². The third kappa shape index (κ3) is 12.8. The molecule has 2 aliphatic carbocycles. The van der Waals surface area contributed by atoms with Crippen LogP contribution in [0.5, 0.6) is 5.75 Å². The van der Waals surface area contributed by atoms with Crippen LogP contribution in [-0.2, 0) is 33.0 Å². The van der Waals surface area contributed by atoms with Gasteiger partial charge in [0.2, 0.25) is 11.8 Å². The van der Waals surface area contributed by atoms with Crippen LogP contribution in [0.4, 0.5) is 0 Å². The van der Waals surface area contributed by atoms with Gasteiger partial charge in [-0.25, -0.2) is 0 Å². The number of aromatic nitrogens is 1. The molecule has 59 heavy (non-hydrogen) atoms. The molecule has 0 bridgehead atoms. The van der Waals surface area contributed by atoms with E-state index < -0.39 is 36.6 Å². The number of aliphatic hydroxyl groups excluding tert-OH is 5. The van der Waals surface area contributed by atoms with Gasteiger partial charge in [-0.3, -0.25) is 24.4 Å². The van der Waals surface area contributed by atoms with Gasteiger partial charge >= 0.3 is 0 Å². The van der Waals surface area contributed by atoms with Crippen molar-refractivity contribution in [3.63, 3.8) is 0 Å². The Kier molecular flexibility index (Phi) is 16.4. The number of nitrogens with one attached hydrogen (secondary N) is 2. The number of piperazine rings is 1. The number of pyridine rings is 1. The summed E-state index contributed by atoms with van der Waals surface area (Å²) in [6, 6.07) is 14.0. The zero-order valence-corrected chi connectivity index (χ0v) is 34.8. The number of para-hydroxylation sites is 1. The minimum absolute atomic E-state index is 0.00710. The molecule has 322 valence electrons. The molecule has 3 aliphatic rings. The van der Waals surface area contributed by atoms with E-state index in [-0.39, 0.29) is 31.0 Å². The number of benzene rings is 2. The Balaban J connectivity index is 0.860. The largest absolute Gasteiger partial charge is 0.490 e. The normalized spacial score (nSPS) is 18.8. The number of hydrogen-bond donors (Lipinski definition) is 7. The first-order valence-corrected chi connectivity index (χ1v) is 21.3. The summed E-state index contributed by atoms with van der Waals surface area (Å²) >= 11 is 13.5. The van der Waals surface area contributed by atoms with Gasteiger partial charge in [-0.15, -0.1) is 0 Å². The Morgan fingerprint density at radius 1 is 0.864 bits per heavy atom. The highest BCUT2D eigenvalue weighted by atomic mass is 35.5. The predicted molar refractivity (Wildman–Crippen MR) is 223 cm³/mol. The van der Waals surface area contributed by atoms with Crippen molar-refractivity contribution in [2.45, 2.75) is 94.1 Å². The number of hydrogen-bond acceptors (Lipinski definition) is 12. The second kappa shape index (κ2) is 21.4. The van der Waals surface area contributed by atoms with E-state index in [1.807, 2.05) is 53.7 Å². The molecule has 4 atom stereocenters. The SMILES string of the molecule is O=C(CCCCc1cc(Cl)c(COC2(c3cnccc3-c3ccccc3OC3CC3)CC2)cc1Cl)NCCN1CCN(CC(=O)NC[C@H](O)[C@@H](O)[C@H](O)[C@H](O)CO)CC1. The van der Waals surface area contributed by atoms with E-state index in [1.165, 1.54) is 0 Å². The number of amides is 2. The molecule has 0 radical (unpaired) electrons. The van der Waals surface area contributed by atoms with Crippen LogP contribution >= 0.6 is 23.2 Å². The molecule has 1 aliphatic heterocycles. The second-order valence-electron chi connectivity index (χ2n) is 15.8. The van der Waals surface area contributed by atoms with E-state index in [2.05, 4.69) is 26.6 Å². The van der Waals surface area contributed by atoms with Gasteiger partial charge in [0.05, 0.1) is 37.6 Å². The van der Waals surface area contributed by atoms with Crippen LogP contribution in [0.15, 0.2) is 54.9 Å². The van der Waals surface area contributed by atoms with E-state index >= 15 is 0 Å². The lowest BCUT2D eigenvalue weighted by Crippen LogP contribution is -2.52. The molecule has 3 aromatic rings. The van der Waals surface area contributed by atoms with Gasteiger partial charge in [0, 0.05) is 85.8 Å². The number of nitrogens with zero attached hydrogens (tertiary/aromatic N) is 3. The average Bonchev–Trinajstić information content (AvgIpc) is 4.20. The number of aryl methyl sites for hydroxylation is 1. The fourth-order valence-corrected chi connectivity index (χ4v) is 7.80. The number of rotatable bonds is 23. The predicted octanol–water partition coefficient (Wildman–Crippen LogP) is 2.80. The van der Waals surface area contributed by atoms with Gasteiger partial charge in [0.15, 0.2) is 0 Å². The van der Waals surface area contributed by atoms with Gasteiger partial charge in [0.25, 0.3) is 0 Å². The van der Waals surface area contributed by atoms with Gasteiger partial charge in [-0.2, -0.15) is 0 Å². The van der Waals surface area contributed by atoms with Crippen molar-refractivity contribution in [2.75, 3.05) is 59.0 Å². The maximum Gasteiger partial charge on any atom is 0.234 e. The highest BCUT2D eigenvalue weighted by Gasteiger charge is 2.48. The Bertz CT molecular complexity index is 1860. The first-order chi connectivity index (χ1) is 28.5. The Morgan fingerprint density at radius 3 is 2.29 bits per heavy atom. The fourth-order valence-electron chi connectivity index (χ4n) is 7.28. The number of halogens is 2. The van der Waals surface area contributed by atoms with Crippen LogP contribution in [-0.4, -0.2) is 142 Å². The van der Waals surface area contributed by atoms with Crippen LogP contribution in [0.25, 0.3) is 11.1 Å². The minimum Gasteiger partial charge on any atom is -0.490 e. The van der Waals surface area contributed by atoms with Crippen LogP contribution in [0.1, 0.15) is 61.6 Å². The second-order valence-corrected chi connectivity index (χ2v) is 16.6. The smallest absolute Gasteiger partial charge is 0.234 e. The number of carbonyl (C=O) groups excluding carboxylic acids is 2. The summed E-state index contributed by atoms with van der Waals surface area (Å²) in [6.45, 7) is 3.28. The Labute approximate surface area is 355 Å². The number of unbranched alkanes of at least 4 members (excludes halogenated alkanes) is 1. The summed E-state index contributed by atoms with van der Waals surface area (Å²) in [6.07, 6.45) is 3.93. The summed E-state index contributed by atoms with van der Waals surface area (Å²) in [5.41, 5.74) is 4.46. The lowest BCUT2D eigenvalue weighted by atomic mass is 9.96. The Morgan fingerprint density at radius 2 is 1.56 bits per heavy atom. The molecule has 2 amide bonds. The van der Waals surface area contributed by atoms with Gasteiger partial charge in [-0.1, -0.05) is 41.4 Å². The highest BCUT2D eigenvalue weighted by Crippen LogP contribution is 2.53. The van der Waals surface area contributed by atoms with Crippen molar-refractivity contribution in [1.29, 1.82) is 0 Å². The summed E-state index contributed by atoms with van der Waals surface area (Å²) in [5.74, 6) is 0.526. The summed E-state index contributed by atoms with van der Waals surface area (Å²) in [4.78, 5) is 33.6. The molecular formula is C43H57Cl2N5O9. The zero-order chi connectivity index (χ0) is 41.9. The van der Waals surface area contributed by atoms with Crippen LogP contribution < -0.4 is 15.4 Å². The van der Waals surface area contributed by atoms with Crippen LogP contribution in [0.2, 0.25) is 10.0 Å². The first kappa shape index (κ1) is 45.1. The van der Waals surface area contributed by atoms with E-state index in [9.17, 15) is 30.0 Å². The molecule has 1 aromatic heterocycles. The lowest BCUT2D eigenvalue weighted by Gasteiger charge is -2.34. The monoisotopic (exact) mass is 857 g/mol. The molecular weight excluding hydrogens is 801 g/mol. The molecule has 0 spiro atoms. The van der Waals surface area contributed by atoms with Crippen molar-refractivity contribution in [3.8, 4) is 16.9 Å². The fraction of sp³-hybridized carbons (Fsp3) is 0.558. The summed E-state index contributed by atoms with van der Waals surface area (Å²) in [7, 11) is 0. The third-order valence-corrected chi connectivity index (χ3v) is 12.0. The van der Waals surface area contributed by atoms with Crippen molar-refractivity contribution < 1.29 is 44.6 Å². The first-order valence-electron chi connectivity index (χ1n) is 20.6. The molecule has 2 heterocycles. The quantitative estimate of drug-likeness (QED) is 0.0691. The minimum atomic E-state index is -1.75. The molecule has 1 saturated heterocycles. The van der Waals surface area contributed by atoms with Gasteiger partial charge in [0.1, 0.15) is 24.1 Å². The van der Waals surface area contributed by atoms with Crippen LogP contribution in [0, 0.1) is 0 Å². The molecule has 7 N–H and O–H groups in total. The topological polar surface area (TPSA) is 197 Å². The number of ether oxygens (including phenoxy) is 2. The molecule has 16 heteroatoms. The molecule has 6 rings (SSSR count). The van der Waals surface area contributed by atoms with Crippen molar-refractivity contribution in [2.24, 2.45) is 0 Å². The zero-order valence-electron chi connectivity index (χ0n) is 33.3. The number of carbonyl (C=O) groups is 2. The van der Waals surface area contributed by atoms with Crippen molar-refractivity contribution in [3.05, 3.63) is 81.6 Å². The number of aliphatic hydroxyl groups is 5. The van der Waals surface area contributed by atoms with Crippen LogP contribution in [0.3, 0.4) is 0 Å². The Hall–Kier alpha value is -3.41. The molecule has 14 nitrogen and oxygen atoms in total. The summed E-state index contributed by atoms with van der Waals surface area (Å²) < 4.78 is 12.9. The molecule has 2 saturated carbocycles. The lowest BCUT2D eigenvalue weighted by molar-refractivity contribution is -0.127. The maximum absolute atomic E-state index is 12.6.